The molecule has 9 rings (SSSR count). The molecule has 3 saturated heterocycles. The summed E-state index contributed by atoms with van der Waals surface area (Å²) in [6.07, 6.45) is 2.31. The Hall–Kier alpha value is -5.87. The Morgan fingerprint density at radius 3 is 2.12 bits per heavy atom. The van der Waals surface area contributed by atoms with E-state index < -0.39 is 36.8 Å². The molecule has 4 amide bonds. The van der Waals surface area contributed by atoms with Crippen LogP contribution in [0.3, 0.4) is 0 Å². The molecule has 15 heteroatoms. The van der Waals surface area contributed by atoms with Gasteiger partial charge in [-0.1, -0.05) is 24.3 Å². The number of nitrogens with zero attached hydrogens (tertiary/aromatic N) is 4. The highest BCUT2D eigenvalue weighted by molar-refractivity contribution is 7.22. The molecule has 4 aromatic carbocycles. The van der Waals surface area contributed by atoms with E-state index in [4.69, 9.17) is 0 Å². The lowest BCUT2D eigenvalue weighted by atomic mass is 9.80. The van der Waals surface area contributed by atoms with Crippen LogP contribution in [0, 0.1) is 5.92 Å². The number of benzene rings is 4. The van der Waals surface area contributed by atoms with Crippen LogP contribution in [0.5, 0.6) is 5.75 Å². The first-order valence-electron chi connectivity index (χ1n) is 20.0. The number of aromatic hydroxyl groups is 1. The zero-order valence-electron chi connectivity index (χ0n) is 32.2. The molecular formula is C44H42BN5O8S. The van der Waals surface area contributed by atoms with Gasteiger partial charge in [-0.05, 0) is 96.9 Å². The molecule has 300 valence electrons. The Balaban J connectivity index is 0.793. The van der Waals surface area contributed by atoms with Gasteiger partial charge in [0, 0.05) is 89.7 Å². The summed E-state index contributed by atoms with van der Waals surface area (Å²) in [5, 5.41) is 32.3. The molecule has 3 fully saturated rings. The zero-order chi connectivity index (χ0) is 40.9. The minimum absolute atomic E-state index is 0.0835. The number of hydrogen-bond acceptors (Lipinski definition) is 12. The molecule has 1 atom stereocenters. The van der Waals surface area contributed by atoms with Crippen LogP contribution >= 0.6 is 11.3 Å². The lowest BCUT2D eigenvalue weighted by Crippen LogP contribution is -2.54. The second-order valence-electron chi connectivity index (χ2n) is 15.8. The third-order valence-corrected chi connectivity index (χ3v) is 13.4. The van der Waals surface area contributed by atoms with Gasteiger partial charge in [-0.15, -0.1) is 11.3 Å². The molecule has 0 spiro atoms. The van der Waals surface area contributed by atoms with Crippen LogP contribution in [0.4, 0.5) is 11.4 Å². The highest BCUT2D eigenvalue weighted by Crippen LogP contribution is 2.41. The molecule has 59 heavy (non-hydrogen) atoms. The minimum atomic E-state index is -1.59. The van der Waals surface area contributed by atoms with Gasteiger partial charge in [-0.3, -0.25) is 39.1 Å². The molecule has 0 saturated carbocycles. The Morgan fingerprint density at radius 1 is 0.746 bits per heavy atom. The van der Waals surface area contributed by atoms with Crippen molar-refractivity contribution in [3.63, 3.8) is 0 Å². The van der Waals surface area contributed by atoms with E-state index in [-0.39, 0.29) is 29.9 Å². The predicted octanol–water partition coefficient (Wildman–Crippen LogP) is 3.62. The predicted molar refractivity (Wildman–Crippen MR) is 225 cm³/mol. The number of nitrogens with one attached hydrogen (secondary N) is 1. The van der Waals surface area contributed by atoms with Crippen molar-refractivity contribution in [1.82, 2.24) is 15.1 Å². The second kappa shape index (κ2) is 15.7. The molecule has 1 aromatic heterocycles. The maximum atomic E-state index is 14.1. The van der Waals surface area contributed by atoms with Crippen molar-refractivity contribution in [2.75, 3.05) is 55.6 Å². The lowest BCUT2D eigenvalue weighted by molar-refractivity contribution is -0.136. The molecule has 0 radical (unpaired) electrons. The van der Waals surface area contributed by atoms with Crippen LogP contribution in [0.2, 0.25) is 0 Å². The van der Waals surface area contributed by atoms with E-state index in [1.807, 2.05) is 30.3 Å². The number of rotatable bonds is 9. The van der Waals surface area contributed by atoms with Gasteiger partial charge in [0.25, 0.3) is 11.8 Å². The van der Waals surface area contributed by atoms with Gasteiger partial charge in [0.15, 0.2) is 5.78 Å². The summed E-state index contributed by atoms with van der Waals surface area (Å²) in [6, 6.07) is 23.9. The van der Waals surface area contributed by atoms with E-state index in [1.54, 1.807) is 54.6 Å². The van der Waals surface area contributed by atoms with Crippen LogP contribution in [-0.2, 0) is 9.59 Å². The highest BCUT2D eigenvalue weighted by Gasteiger charge is 2.45. The number of piperidine rings is 2. The molecule has 5 heterocycles. The topological polar surface area (TPSA) is 171 Å². The maximum absolute atomic E-state index is 14.1. The number of anilines is 2. The second-order valence-corrected chi connectivity index (χ2v) is 16.8. The highest BCUT2D eigenvalue weighted by atomic mass is 32.1. The number of phenolic OH excluding ortho intramolecular Hbond substituents is 1. The fraction of sp³-hybridized carbons (Fsp3) is 0.295. The summed E-state index contributed by atoms with van der Waals surface area (Å²) >= 11 is 1.41. The molecule has 1 unspecified atom stereocenters. The molecule has 4 aliphatic rings. The Bertz CT molecular complexity index is 2490. The number of amides is 4. The quantitative estimate of drug-likeness (QED) is 0.0975. The number of fused-ring (bicyclic) bond motifs is 2. The molecule has 13 nitrogen and oxygen atoms in total. The van der Waals surface area contributed by atoms with E-state index in [2.05, 4.69) is 20.0 Å². The van der Waals surface area contributed by atoms with Crippen molar-refractivity contribution in [1.29, 1.82) is 0 Å². The minimum Gasteiger partial charge on any atom is -0.508 e. The van der Waals surface area contributed by atoms with Gasteiger partial charge in [-0.2, -0.15) is 0 Å². The van der Waals surface area contributed by atoms with Gasteiger partial charge in [-0.25, -0.2) is 0 Å². The standard InChI is InChI=1S/C44H42BN5O8S/c51-32-10-12-34-37(24-32)59-41(28-1-5-29(6-2-28)45(57)58)39(34)40(53)27-3-7-30(8-4-27)48-17-15-26(16-18-48)25-47-19-21-49(22-20-47)31-9-11-33-35(23-31)44(56)50(43(33)55)36-13-14-38(52)46-42(36)54/h1-12,23-24,26,36,51,57-58H,13-22,25H2,(H,46,52,54). The van der Waals surface area contributed by atoms with Crippen molar-refractivity contribution >= 4 is 74.8 Å². The fourth-order valence-electron chi connectivity index (χ4n) is 8.87. The summed E-state index contributed by atoms with van der Waals surface area (Å²) in [4.78, 5) is 73.6. The Labute approximate surface area is 344 Å². The van der Waals surface area contributed by atoms with E-state index in [0.717, 1.165) is 95.5 Å². The van der Waals surface area contributed by atoms with Crippen molar-refractivity contribution in [3.8, 4) is 16.2 Å². The van der Waals surface area contributed by atoms with Crippen LogP contribution in [0.25, 0.3) is 20.5 Å². The number of carbonyl (C=O) groups is 5. The van der Waals surface area contributed by atoms with Crippen molar-refractivity contribution < 1.29 is 39.1 Å². The third-order valence-electron chi connectivity index (χ3n) is 12.2. The van der Waals surface area contributed by atoms with Crippen LogP contribution < -0.4 is 20.6 Å². The van der Waals surface area contributed by atoms with E-state index in [0.29, 0.717) is 28.1 Å². The van der Waals surface area contributed by atoms with Gasteiger partial charge in [0.2, 0.25) is 11.8 Å². The molecular weight excluding hydrogens is 769 g/mol. The van der Waals surface area contributed by atoms with Gasteiger partial charge in [0.1, 0.15) is 11.8 Å². The SMILES string of the molecule is O=C1CCC(N2C(=O)c3ccc(N4CCN(CC5CCN(c6ccc(C(=O)c7c(-c8ccc(B(O)O)cc8)sc8cc(O)ccc78)cc6)CC5)CC4)cc3C2=O)C(=O)N1. The summed E-state index contributed by atoms with van der Waals surface area (Å²) in [5.74, 6) is -1.45. The van der Waals surface area contributed by atoms with Crippen molar-refractivity contribution in [2.24, 2.45) is 5.92 Å². The fourth-order valence-corrected chi connectivity index (χ4v) is 10.1. The maximum Gasteiger partial charge on any atom is 0.488 e. The summed E-state index contributed by atoms with van der Waals surface area (Å²) in [6.45, 7) is 6.15. The average molecular weight is 812 g/mol. The van der Waals surface area contributed by atoms with Gasteiger partial charge < -0.3 is 25.0 Å². The first-order valence-corrected chi connectivity index (χ1v) is 20.8. The van der Waals surface area contributed by atoms with Crippen LogP contribution in [0.1, 0.15) is 62.3 Å². The van der Waals surface area contributed by atoms with Crippen molar-refractivity contribution in [2.45, 2.75) is 31.7 Å². The molecule has 0 aliphatic carbocycles. The number of imide groups is 2. The third kappa shape index (κ3) is 7.39. The molecule has 4 N–H and O–H groups in total. The number of thiophene rings is 1. The number of hydrogen-bond donors (Lipinski definition) is 4. The molecule has 0 bridgehead atoms. The average Bonchev–Trinajstić information content (AvgIpc) is 3.74. The molecule has 4 aliphatic heterocycles. The number of piperazine rings is 1. The van der Waals surface area contributed by atoms with Crippen LogP contribution in [0.15, 0.2) is 84.9 Å². The summed E-state index contributed by atoms with van der Waals surface area (Å²) in [7, 11) is -1.59. The zero-order valence-corrected chi connectivity index (χ0v) is 33.0. The number of carbonyl (C=O) groups excluding carboxylic acids is 5. The smallest absolute Gasteiger partial charge is 0.488 e. The Morgan fingerprint density at radius 2 is 1.42 bits per heavy atom. The van der Waals surface area contributed by atoms with Crippen molar-refractivity contribution in [3.05, 3.63) is 107 Å². The number of phenols is 1. The van der Waals surface area contributed by atoms with Gasteiger partial charge >= 0.3 is 7.12 Å². The lowest BCUT2D eigenvalue weighted by Gasteiger charge is -2.40. The monoisotopic (exact) mass is 811 g/mol. The Kier molecular flexibility index (Phi) is 10.3. The summed E-state index contributed by atoms with van der Waals surface area (Å²) in [5.41, 5.74) is 4.77. The normalized spacial score (nSPS) is 19.1. The van der Waals surface area contributed by atoms with E-state index in [1.165, 1.54) is 11.3 Å². The number of ketones is 1. The van der Waals surface area contributed by atoms with Gasteiger partial charge in [0.05, 0.1) is 11.1 Å². The molecule has 5 aromatic rings. The summed E-state index contributed by atoms with van der Waals surface area (Å²) < 4.78 is 0.785. The first kappa shape index (κ1) is 38.6. The van der Waals surface area contributed by atoms with Crippen LogP contribution in [-0.4, -0.2) is 113 Å². The van der Waals surface area contributed by atoms with E-state index >= 15 is 0 Å². The first-order chi connectivity index (χ1) is 28.5. The largest absolute Gasteiger partial charge is 0.508 e. The van der Waals surface area contributed by atoms with E-state index in [9.17, 15) is 39.1 Å².